The summed E-state index contributed by atoms with van der Waals surface area (Å²) in [4.78, 5) is 28.0. The monoisotopic (exact) mass is 343 g/mol. The topological polar surface area (TPSA) is 80.3 Å². The Morgan fingerprint density at radius 1 is 1.20 bits per heavy atom. The molecule has 0 bridgehead atoms. The Balaban J connectivity index is 1.62. The van der Waals surface area contributed by atoms with Gasteiger partial charge in [-0.15, -0.1) is 0 Å². The molecule has 25 heavy (non-hydrogen) atoms. The predicted molar refractivity (Wildman–Crippen MR) is 89.9 cm³/mol. The number of para-hydroxylation sites is 1. The lowest BCUT2D eigenvalue weighted by Crippen LogP contribution is -2.31. The van der Waals surface area contributed by atoms with Crippen LogP contribution in [0.25, 0.3) is 0 Å². The number of nitrogens with zero attached hydrogens (tertiary/aromatic N) is 1. The largest absolute Gasteiger partial charge is 0.464 e. The van der Waals surface area contributed by atoms with Crippen molar-refractivity contribution < 1.29 is 18.7 Å². The third-order valence-corrected chi connectivity index (χ3v) is 3.75. The smallest absolute Gasteiger partial charge is 0.325 e. The third kappa shape index (κ3) is 4.76. The number of pyridine rings is 1. The van der Waals surface area contributed by atoms with Crippen LogP contribution in [0.2, 0.25) is 0 Å². The van der Waals surface area contributed by atoms with Crippen LogP contribution in [0, 0.1) is 11.7 Å². The van der Waals surface area contributed by atoms with E-state index < -0.39 is 17.7 Å². The number of rotatable bonds is 7. The van der Waals surface area contributed by atoms with Gasteiger partial charge in [0.15, 0.2) is 0 Å². The molecule has 1 aromatic heterocycles. The van der Waals surface area contributed by atoms with Crippen LogP contribution in [-0.4, -0.2) is 30.0 Å². The van der Waals surface area contributed by atoms with Gasteiger partial charge in [-0.3, -0.25) is 9.59 Å². The number of ether oxygens (including phenoxy) is 1. The van der Waals surface area contributed by atoms with Gasteiger partial charge in [0, 0.05) is 6.20 Å². The first-order valence-electron chi connectivity index (χ1n) is 8.04. The van der Waals surface area contributed by atoms with E-state index in [4.69, 9.17) is 4.74 Å². The highest BCUT2D eigenvalue weighted by molar-refractivity contribution is 6.00. The molecule has 0 atom stereocenters. The molecule has 0 unspecified atom stereocenters. The maximum atomic E-state index is 13.8. The Hall–Kier alpha value is -2.96. The Morgan fingerprint density at radius 2 is 2.00 bits per heavy atom. The van der Waals surface area contributed by atoms with Gasteiger partial charge in [-0.25, -0.2) is 9.37 Å². The molecule has 1 amide bonds. The molecule has 7 heteroatoms. The van der Waals surface area contributed by atoms with Gasteiger partial charge in [0.1, 0.15) is 18.2 Å². The molecule has 0 spiro atoms. The first-order valence-corrected chi connectivity index (χ1v) is 8.04. The zero-order valence-electron chi connectivity index (χ0n) is 13.5. The van der Waals surface area contributed by atoms with Crippen LogP contribution in [0.5, 0.6) is 0 Å². The van der Waals surface area contributed by atoms with Crippen molar-refractivity contribution in [2.75, 3.05) is 18.5 Å². The molecule has 1 saturated carbocycles. The molecule has 6 nitrogen and oxygen atoms in total. The molecule has 1 aliphatic carbocycles. The summed E-state index contributed by atoms with van der Waals surface area (Å²) in [6.07, 6.45) is 3.66. The van der Waals surface area contributed by atoms with Crippen LogP contribution in [0.15, 0.2) is 42.6 Å². The van der Waals surface area contributed by atoms with Gasteiger partial charge in [-0.1, -0.05) is 12.1 Å². The number of hydrogen-bond donors (Lipinski definition) is 2. The second-order valence-corrected chi connectivity index (χ2v) is 5.81. The van der Waals surface area contributed by atoms with Gasteiger partial charge in [0.25, 0.3) is 5.91 Å². The van der Waals surface area contributed by atoms with Crippen LogP contribution in [0.4, 0.5) is 15.9 Å². The van der Waals surface area contributed by atoms with E-state index in [0.29, 0.717) is 12.5 Å². The maximum Gasteiger partial charge on any atom is 0.325 e. The van der Waals surface area contributed by atoms with Gasteiger partial charge in [0.2, 0.25) is 0 Å². The molecule has 2 N–H and O–H groups in total. The quantitative estimate of drug-likeness (QED) is 0.756. The summed E-state index contributed by atoms with van der Waals surface area (Å²) >= 11 is 0. The molecule has 1 aliphatic rings. The lowest BCUT2D eigenvalue weighted by molar-refractivity contribution is -0.142. The lowest BCUT2D eigenvalue weighted by Gasteiger charge is -2.11. The number of halogens is 1. The Kier molecular flexibility index (Phi) is 5.23. The van der Waals surface area contributed by atoms with Crippen molar-refractivity contribution in [2.45, 2.75) is 12.8 Å². The van der Waals surface area contributed by atoms with Crippen LogP contribution >= 0.6 is 0 Å². The number of nitrogens with one attached hydrogen (secondary N) is 2. The number of hydrogen-bond acceptors (Lipinski definition) is 5. The Bertz CT molecular complexity index is 778. The molecular weight excluding hydrogens is 325 g/mol. The molecule has 0 aliphatic heterocycles. The molecule has 1 aromatic carbocycles. The third-order valence-electron chi connectivity index (χ3n) is 3.75. The highest BCUT2D eigenvalue weighted by atomic mass is 19.1. The Morgan fingerprint density at radius 3 is 2.76 bits per heavy atom. The summed E-state index contributed by atoms with van der Waals surface area (Å²) in [6.45, 7) is 0.182. The van der Waals surface area contributed by atoms with Crippen LogP contribution in [0.1, 0.15) is 23.2 Å². The zero-order valence-corrected chi connectivity index (χ0v) is 13.5. The van der Waals surface area contributed by atoms with E-state index in [2.05, 4.69) is 15.6 Å². The van der Waals surface area contributed by atoms with Crippen molar-refractivity contribution in [3.8, 4) is 0 Å². The minimum atomic E-state index is -0.490. The number of anilines is 2. The normalized spacial score (nSPS) is 13.2. The number of aromatic nitrogens is 1. The standard InChI is InChI=1S/C18H18FN3O3/c19-14-5-1-2-6-15(14)22-17-13(4-3-9-20-17)18(24)21-10-16(23)25-11-12-7-8-12/h1-6,9,12H,7-8,10-11H2,(H,20,22)(H,21,24). The van der Waals surface area contributed by atoms with Crippen molar-refractivity contribution in [2.24, 2.45) is 5.92 Å². The fourth-order valence-corrected chi connectivity index (χ4v) is 2.17. The minimum Gasteiger partial charge on any atom is -0.464 e. The van der Waals surface area contributed by atoms with Crippen LogP contribution < -0.4 is 10.6 Å². The summed E-state index contributed by atoms with van der Waals surface area (Å²) in [6, 6.07) is 9.22. The van der Waals surface area contributed by atoms with Crippen molar-refractivity contribution in [1.82, 2.24) is 10.3 Å². The molecule has 0 radical (unpaired) electrons. The van der Waals surface area contributed by atoms with E-state index >= 15 is 0 Å². The van der Waals surface area contributed by atoms with Crippen molar-refractivity contribution in [1.29, 1.82) is 0 Å². The molecule has 1 heterocycles. The summed E-state index contributed by atoms with van der Waals surface area (Å²) in [5, 5.41) is 5.29. The van der Waals surface area contributed by atoms with Gasteiger partial charge < -0.3 is 15.4 Å². The average molecular weight is 343 g/mol. The molecule has 130 valence electrons. The van der Waals surface area contributed by atoms with Crippen LogP contribution in [0.3, 0.4) is 0 Å². The molecule has 0 saturated heterocycles. The van der Waals surface area contributed by atoms with E-state index in [1.165, 1.54) is 12.3 Å². The number of carbonyl (C=O) groups excluding carboxylic acids is 2. The van der Waals surface area contributed by atoms with Crippen molar-refractivity contribution >= 4 is 23.4 Å². The van der Waals surface area contributed by atoms with Gasteiger partial charge >= 0.3 is 5.97 Å². The Labute approximate surface area is 144 Å². The number of carbonyl (C=O) groups is 2. The lowest BCUT2D eigenvalue weighted by atomic mass is 10.2. The molecule has 1 fully saturated rings. The number of esters is 1. The minimum absolute atomic E-state index is 0.205. The van der Waals surface area contributed by atoms with Crippen LogP contribution in [-0.2, 0) is 9.53 Å². The number of benzene rings is 1. The number of amides is 1. The van der Waals surface area contributed by atoms with Crippen molar-refractivity contribution in [3.63, 3.8) is 0 Å². The van der Waals surface area contributed by atoms with E-state index in [-0.39, 0.29) is 23.6 Å². The highest BCUT2D eigenvalue weighted by Gasteiger charge is 2.23. The predicted octanol–water partition coefficient (Wildman–Crippen LogP) is 2.65. The second-order valence-electron chi connectivity index (χ2n) is 5.81. The molecular formula is C18H18FN3O3. The molecule has 3 rings (SSSR count). The summed E-state index contributed by atoms with van der Waals surface area (Å²) in [7, 11) is 0. The maximum absolute atomic E-state index is 13.8. The van der Waals surface area contributed by atoms with E-state index in [9.17, 15) is 14.0 Å². The first-order chi connectivity index (χ1) is 12.1. The zero-order chi connectivity index (χ0) is 17.6. The SMILES string of the molecule is O=C(CNC(=O)c1cccnc1Nc1ccccc1F)OCC1CC1. The second kappa shape index (κ2) is 7.74. The van der Waals surface area contributed by atoms with Gasteiger partial charge in [0.05, 0.1) is 17.9 Å². The summed E-state index contributed by atoms with van der Waals surface area (Å²) in [5.41, 5.74) is 0.417. The van der Waals surface area contributed by atoms with Crippen molar-refractivity contribution in [3.05, 3.63) is 54.0 Å². The highest BCUT2D eigenvalue weighted by Crippen LogP contribution is 2.28. The van der Waals surface area contributed by atoms with Gasteiger partial charge in [-0.2, -0.15) is 0 Å². The summed E-state index contributed by atoms with van der Waals surface area (Å²) < 4.78 is 18.8. The fourth-order valence-electron chi connectivity index (χ4n) is 2.17. The van der Waals surface area contributed by atoms with E-state index in [0.717, 1.165) is 12.8 Å². The van der Waals surface area contributed by atoms with E-state index in [1.807, 2.05) is 0 Å². The molecule has 2 aromatic rings. The first kappa shape index (κ1) is 16.9. The fraction of sp³-hybridized carbons (Fsp3) is 0.278. The van der Waals surface area contributed by atoms with E-state index in [1.54, 1.807) is 30.3 Å². The van der Waals surface area contributed by atoms with Gasteiger partial charge in [-0.05, 0) is 43.0 Å². The summed E-state index contributed by atoms with van der Waals surface area (Å²) in [5.74, 6) is -0.753. The average Bonchev–Trinajstić information content (AvgIpc) is 3.45.